The lowest BCUT2D eigenvalue weighted by atomic mass is 10.1. The van der Waals surface area contributed by atoms with Gasteiger partial charge in [0.05, 0.1) is 89.2 Å². The van der Waals surface area contributed by atoms with Crippen molar-refractivity contribution >= 4 is 67.9 Å². The van der Waals surface area contributed by atoms with Gasteiger partial charge in [0.15, 0.2) is 46.0 Å². The number of aliphatic imine (C=N–C) groups is 1. The molecule has 2 atom stereocenters. The minimum atomic E-state index is -2.91. The van der Waals surface area contributed by atoms with E-state index >= 15 is 0 Å². The van der Waals surface area contributed by atoms with Gasteiger partial charge in [-0.15, -0.1) is 0 Å². The molecule has 20 rings (SSSR count). The number of imidazole rings is 2. The van der Waals surface area contributed by atoms with Gasteiger partial charge in [-0.3, -0.25) is 34.1 Å². The Kier molecular flexibility index (Phi) is 21.7. The molecular weight excluding hydrogens is 1590 g/mol. The molecule has 2 saturated heterocycles. The van der Waals surface area contributed by atoms with E-state index in [1.165, 1.54) is 19.0 Å². The van der Waals surface area contributed by atoms with Crippen molar-refractivity contribution in [2.75, 3.05) is 50.5 Å². The number of anilines is 6. The van der Waals surface area contributed by atoms with Crippen LogP contribution in [-0.2, 0) is 93.3 Å². The average molecular weight is 1670 g/mol. The highest BCUT2D eigenvalue weighted by atomic mass is 19.3. The lowest BCUT2D eigenvalue weighted by molar-refractivity contribution is -0.0310. The van der Waals surface area contributed by atoms with Gasteiger partial charge >= 0.3 is 0 Å². The number of halogens is 6. The van der Waals surface area contributed by atoms with Crippen molar-refractivity contribution in [3.8, 4) is 51.4 Å². The number of rotatable bonds is 20. The number of methoxy groups -OCH3 is 3. The molecule has 3 aromatic carbocycles. The van der Waals surface area contributed by atoms with E-state index in [1.807, 2.05) is 142 Å². The molecule has 0 amide bonds. The summed E-state index contributed by atoms with van der Waals surface area (Å²) >= 11 is 0. The monoisotopic (exact) mass is 1670 g/mol. The zero-order chi connectivity index (χ0) is 85.2. The first kappa shape index (κ1) is 80.9. The van der Waals surface area contributed by atoms with Crippen LogP contribution in [0.5, 0.6) is 17.2 Å². The van der Waals surface area contributed by atoms with Crippen molar-refractivity contribution in [3.63, 3.8) is 0 Å². The second-order valence-electron chi connectivity index (χ2n) is 31.6. The number of fused-ring (bicyclic) bond motifs is 6. The fourth-order valence-corrected chi connectivity index (χ4v) is 17.3. The number of para-hydroxylation sites is 3. The highest BCUT2D eigenvalue weighted by molar-refractivity contribution is 5.96. The average Bonchev–Trinajstić information content (AvgIpc) is 1.62. The quantitative estimate of drug-likeness (QED) is 0.0597. The Morgan fingerprint density at radius 2 is 0.789 bits per heavy atom. The smallest absolute Gasteiger partial charge is 0.290 e. The normalized spacial score (nSPS) is 17.0. The number of benzene rings is 3. The molecular formula is C89H89F6N23O5. The van der Waals surface area contributed by atoms with Crippen molar-refractivity contribution in [1.29, 1.82) is 0 Å². The third-order valence-electron chi connectivity index (χ3n) is 23.2. The Bertz CT molecular complexity index is 6160. The number of nitrogens with zero attached hydrogens (tertiary/aromatic N) is 20. The van der Waals surface area contributed by atoms with Crippen LogP contribution in [0.1, 0.15) is 162 Å². The van der Waals surface area contributed by atoms with E-state index in [1.54, 1.807) is 53.6 Å². The summed E-state index contributed by atoms with van der Waals surface area (Å²) in [6, 6.07) is 33.8. The first-order valence-corrected chi connectivity index (χ1v) is 41.0. The molecule has 0 saturated carbocycles. The molecule has 2 fully saturated rings. The Balaban J connectivity index is 0.000000126. The summed E-state index contributed by atoms with van der Waals surface area (Å²) in [5.74, 6) is -3.32. The number of alkyl halides is 6. The molecule has 632 valence electrons. The second kappa shape index (κ2) is 33.0. The van der Waals surface area contributed by atoms with Gasteiger partial charge in [-0.05, 0) is 168 Å². The number of pyridine rings is 6. The largest absolute Gasteiger partial charge is 0.494 e. The molecule has 28 nitrogen and oxygen atoms in total. The van der Waals surface area contributed by atoms with Gasteiger partial charge in [0.2, 0.25) is 0 Å². The number of hydrogen-bond donors (Lipinski definition) is 3. The maximum atomic E-state index is 14.5. The van der Waals surface area contributed by atoms with E-state index in [2.05, 4.69) is 61.2 Å². The Morgan fingerprint density at radius 1 is 0.423 bits per heavy atom. The molecule has 0 bridgehead atoms. The van der Waals surface area contributed by atoms with Crippen LogP contribution in [-0.4, -0.2) is 134 Å². The maximum absolute atomic E-state index is 14.5. The summed E-state index contributed by atoms with van der Waals surface area (Å²) < 4.78 is 126. The predicted molar refractivity (Wildman–Crippen MR) is 450 cm³/mol. The Labute approximate surface area is 703 Å². The van der Waals surface area contributed by atoms with E-state index in [-0.39, 0.29) is 61.6 Å². The van der Waals surface area contributed by atoms with Gasteiger partial charge in [0.25, 0.3) is 17.8 Å². The summed E-state index contributed by atoms with van der Waals surface area (Å²) in [4.78, 5) is 55.7. The van der Waals surface area contributed by atoms with Crippen molar-refractivity contribution in [1.82, 2.24) is 93.3 Å². The van der Waals surface area contributed by atoms with Crippen molar-refractivity contribution in [3.05, 3.63) is 213 Å². The maximum Gasteiger partial charge on any atom is 0.290 e. The first-order valence-electron chi connectivity index (χ1n) is 41.0. The van der Waals surface area contributed by atoms with Crippen LogP contribution in [0.3, 0.4) is 0 Å². The minimum absolute atomic E-state index is 0.103. The van der Waals surface area contributed by atoms with Gasteiger partial charge < -0.3 is 39.6 Å². The summed E-state index contributed by atoms with van der Waals surface area (Å²) in [6.45, 7) is 7.21. The summed E-state index contributed by atoms with van der Waals surface area (Å²) in [5.41, 5.74) is 17.1. The molecule has 3 aliphatic carbocycles. The zero-order valence-electron chi connectivity index (χ0n) is 69.3. The number of aryl methyl sites for hydroxylation is 8. The Hall–Kier alpha value is -13.1. The first-order chi connectivity index (χ1) is 59.5. The minimum Gasteiger partial charge on any atom is -0.494 e. The molecule has 3 aliphatic heterocycles. The number of aromatic nitrogens is 19. The lowest BCUT2D eigenvalue weighted by Crippen LogP contribution is -2.19. The highest BCUT2D eigenvalue weighted by Crippen LogP contribution is 2.48. The summed E-state index contributed by atoms with van der Waals surface area (Å²) in [7, 11) is 10.3. The van der Waals surface area contributed by atoms with Gasteiger partial charge in [-0.2, -0.15) is 41.6 Å². The molecule has 3 N–H and O–H groups in total. The van der Waals surface area contributed by atoms with Crippen LogP contribution in [0.15, 0.2) is 133 Å². The van der Waals surface area contributed by atoms with E-state index in [9.17, 15) is 26.3 Å². The van der Waals surface area contributed by atoms with E-state index in [0.29, 0.717) is 170 Å². The predicted octanol–water partition coefficient (Wildman–Crippen LogP) is 17.3. The molecule has 123 heavy (non-hydrogen) atoms. The lowest BCUT2D eigenvalue weighted by Gasteiger charge is -2.25. The van der Waals surface area contributed by atoms with Gasteiger partial charge in [-0.25, -0.2) is 48.9 Å². The molecule has 6 aliphatic rings. The fraction of sp³-hybridized carbons (Fsp3) is 0.360. The third kappa shape index (κ3) is 15.9. The molecule has 2 unspecified atom stereocenters. The van der Waals surface area contributed by atoms with E-state index in [0.717, 1.165) is 101 Å². The number of hydrogen-bond acceptors (Lipinski definition) is 23. The van der Waals surface area contributed by atoms with Crippen molar-refractivity contribution < 1.29 is 50.0 Å². The van der Waals surface area contributed by atoms with Gasteiger partial charge in [-0.1, -0.05) is 36.4 Å². The van der Waals surface area contributed by atoms with Crippen LogP contribution in [0.4, 0.5) is 66.2 Å². The summed E-state index contributed by atoms with van der Waals surface area (Å²) in [6.07, 6.45) is 11.9. The summed E-state index contributed by atoms with van der Waals surface area (Å²) in [5, 5.41) is 23.1. The van der Waals surface area contributed by atoms with Crippen LogP contribution in [0, 0.1) is 13.8 Å². The topological polar surface area (TPSA) is 300 Å². The molecule has 0 spiro atoms. The van der Waals surface area contributed by atoms with Crippen LogP contribution in [0.25, 0.3) is 56.5 Å². The highest BCUT2D eigenvalue weighted by Gasteiger charge is 2.44. The van der Waals surface area contributed by atoms with Crippen LogP contribution < -0.4 is 30.2 Å². The molecule has 11 aromatic heterocycles. The molecule has 14 heterocycles. The van der Waals surface area contributed by atoms with Crippen LogP contribution in [0.2, 0.25) is 0 Å². The van der Waals surface area contributed by atoms with E-state index in [4.69, 9.17) is 53.6 Å². The van der Waals surface area contributed by atoms with Gasteiger partial charge in [0, 0.05) is 108 Å². The zero-order valence-corrected chi connectivity index (χ0v) is 69.3. The number of nitrogens with one attached hydrogen (secondary N) is 3. The van der Waals surface area contributed by atoms with Crippen molar-refractivity contribution in [2.24, 2.45) is 26.1 Å². The number of ether oxygens (including phenoxy) is 5. The third-order valence-corrected chi connectivity index (χ3v) is 23.2. The standard InChI is InChI=1S/2C31H32F2N8O2.C27H25F2N7O/c2*1-18-36-26-24(39-23-8-6-7-22(27(23)42-3)29-34-17-35-40(29)2)16-21(38-30(26)41(18)25-9-4-5-14-43-25)15-20-11-10-19-12-13-31(32,33)28(19)37-20;1-15-11-21-23(32-15)22(35-20-6-4-5-19(24(20)37-3)26-30-14-31-36(26)2)13-18(33-21)12-17-8-7-16-9-10-27(28,29)25(16)34-17/h2*6-8,10-11,16-17,25H,4-5,9,12-15H2,1-3H3,(H,38,39);4-8,13-14H,9-12H2,1-3H3,(H,33,35). The fourth-order valence-electron chi connectivity index (χ4n) is 17.3. The molecule has 34 heteroatoms. The van der Waals surface area contributed by atoms with Crippen LogP contribution >= 0.6 is 0 Å². The second-order valence-corrected chi connectivity index (χ2v) is 31.6. The Morgan fingerprint density at radius 3 is 1.14 bits per heavy atom. The van der Waals surface area contributed by atoms with Gasteiger partial charge in [0.1, 0.15) is 76.9 Å². The SMILES string of the molecule is COc1c(Nc2cc(Cc3ccc4c(n3)C(F)(F)CC4)nc3c2N=C(C)C3)cccc1-c1ncnn1C.COc1c(Nc2cc(Cc3ccc4c(n3)C(F)(F)CC4)nc3c2nc(C)n3C2CCCCO2)cccc1-c1ncnn1C.COc1c(Nc2cc(Cc3ccc4c(n3)C(F)(F)CC4)nc3c2nc(C)n3C2CCCCO2)cccc1-c1ncnn1C. The van der Waals surface area contributed by atoms with E-state index < -0.39 is 17.8 Å². The molecule has 0 radical (unpaired) electrons. The molecule has 14 aromatic rings. The van der Waals surface area contributed by atoms with Crippen molar-refractivity contribution in [2.45, 2.75) is 154 Å².